The zero-order valence-corrected chi connectivity index (χ0v) is 10.9. The van der Waals surface area contributed by atoms with Crippen molar-refractivity contribution in [3.63, 3.8) is 0 Å². The lowest BCUT2D eigenvalue weighted by Crippen LogP contribution is -2.18. The molecule has 0 radical (unpaired) electrons. The highest BCUT2D eigenvalue weighted by atomic mass is 79.9. The molecule has 1 heterocycles. The van der Waals surface area contributed by atoms with E-state index in [1.165, 1.54) is 0 Å². The molecular formula is C12H13BrO3. The molecule has 1 aliphatic rings. The second-order valence-corrected chi connectivity index (χ2v) is 4.50. The molecule has 0 bridgehead atoms. The summed E-state index contributed by atoms with van der Waals surface area (Å²) in [6.07, 6.45) is 0.758. The maximum atomic E-state index is 11.5. The monoisotopic (exact) mass is 284 g/mol. The summed E-state index contributed by atoms with van der Waals surface area (Å²) in [5.74, 6) is 1.48. The first-order valence-corrected chi connectivity index (χ1v) is 6.06. The SMILES string of the molecule is CCc1c(C(C)=O)cc(Br)c2c1OCCO2. The Balaban J connectivity index is 2.66. The van der Waals surface area contributed by atoms with Crippen LogP contribution in [0.3, 0.4) is 0 Å². The number of carbonyl (C=O) groups excluding carboxylic acids is 1. The highest BCUT2D eigenvalue weighted by Crippen LogP contribution is 2.42. The van der Waals surface area contributed by atoms with Crippen LogP contribution in [0.2, 0.25) is 0 Å². The Morgan fingerprint density at radius 3 is 2.56 bits per heavy atom. The fraction of sp³-hybridized carbons (Fsp3) is 0.417. The Labute approximate surface area is 103 Å². The van der Waals surface area contributed by atoms with Crippen LogP contribution in [0, 0.1) is 0 Å². The van der Waals surface area contributed by atoms with Gasteiger partial charge in [-0.25, -0.2) is 0 Å². The molecule has 1 aromatic carbocycles. The predicted molar refractivity (Wildman–Crippen MR) is 64.5 cm³/mol. The predicted octanol–water partition coefficient (Wildman–Crippen LogP) is 2.99. The van der Waals surface area contributed by atoms with Crippen LogP contribution in [0.4, 0.5) is 0 Å². The van der Waals surface area contributed by atoms with Gasteiger partial charge in [0.2, 0.25) is 0 Å². The van der Waals surface area contributed by atoms with Gasteiger partial charge < -0.3 is 9.47 Å². The molecule has 0 unspecified atom stereocenters. The molecule has 0 saturated carbocycles. The van der Waals surface area contributed by atoms with Gasteiger partial charge in [-0.3, -0.25) is 4.79 Å². The van der Waals surface area contributed by atoms with Crippen molar-refractivity contribution in [2.75, 3.05) is 13.2 Å². The van der Waals surface area contributed by atoms with Crippen LogP contribution < -0.4 is 9.47 Å². The fourth-order valence-corrected chi connectivity index (χ4v) is 2.41. The van der Waals surface area contributed by atoms with Crippen LogP contribution >= 0.6 is 15.9 Å². The summed E-state index contributed by atoms with van der Waals surface area (Å²) in [4.78, 5) is 11.5. The molecule has 0 spiro atoms. The van der Waals surface area contributed by atoms with Crippen LogP contribution in [0.5, 0.6) is 11.5 Å². The van der Waals surface area contributed by atoms with E-state index < -0.39 is 0 Å². The van der Waals surface area contributed by atoms with Crippen molar-refractivity contribution in [2.24, 2.45) is 0 Å². The molecule has 0 atom stereocenters. The lowest BCUT2D eigenvalue weighted by molar-refractivity contribution is 0.101. The molecule has 1 aliphatic heterocycles. The van der Waals surface area contributed by atoms with Crippen LogP contribution in [0.1, 0.15) is 29.8 Å². The van der Waals surface area contributed by atoms with E-state index in [2.05, 4.69) is 15.9 Å². The average molecular weight is 285 g/mol. The third kappa shape index (κ3) is 1.82. The van der Waals surface area contributed by atoms with E-state index in [-0.39, 0.29) is 5.78 Å². The average Bonchev–Trinajstić information content (AvgIpc) is 2.29. The number of hydrogen-bond donors (Lipinski definition) is 0. The number of Topliss-reactive ketones (excluding diaryl/α,β-unsaturated/α-hetero) is 1. The van der Waals surface area contributed by atoms with Crippen LogP contribution in [-0.2, 0) is 6.42 Å². The van der Waals surface area contributed by atoms with Crippen molar-refractivity contribution in [2.45, 2.75) is 20.3 Å². The number of halogens is 1. The summed E-state index contributed by atoms with van der Waals surface area (Å²) >= 11 is 3.41. The number of carbonyl (C=O) groups is 1. The summed E-state index contributed by atoms with van der Waals surface area (Å²) in [7, 11) is 0. The molecule has 0 fully saturated rings. The summed E-state index contributed by atoms with van der Waals surface area (Å²) in [5, 5.41) is 0. The second-order valence-electron chi connectivity index (χ2n) is 3.65. The number of hydrogen-bond acceptors (Lipinski definition) is 3. The molecule has 0 aromatic heterocycles. The van der Waals surface area contributed by atoms with Crippen LogP contribution in [-0.4, -0.2) is 19.0 Å². The van der Waals surface area contributed by atoms with E-state index in [0.717, 1.165) is 16.5 Å². The van der Waals surface area contributed by atoms with Crippen molar-refractivity contribution >= 4 is 21.7 Å². The summed E-state index contributed by atoms with van der Waals surface area (Å²) in [6, 6.07) is 1.81. The Kier molecular flexibility index (Phi) is 3.19. The largest absolute Gasteiger partial charge is 0.486 e. The van der Waals surface area contributed by atoms with Gasteiger partial charge in [-0.2, -0.15) is 0 Å². The lowest BCUT2D eigenvalue weighted by atomic mass is 10.00. The van der Waals surface area contributed by atoms with E-state index in [0.29, 0.717) is 30.3 Å². The van der Waals surface area contributed by atoms with Crippen LogP contribution in [0.15, 0.2) is 10.5 Å². The Bertz CT molecular complexity index is 440. The normalized spacial score (nSPS) is 13.7. The van der Waals surface area contributed by atoms with Crippen LogP contribution in [0.25, 0.3) is 0 Å². The maximum Gasteiger partial charge on any atom is 0.175 e. The summed E-state index contributed by atoms with van der Waals surface area (Å²) in [5.41, 5.74) is 1.64. The smallest absolute Gasteiger partial charge is 0.175 e. The van der Waals surface area contributed by atoms with Crippen molar-refractivity contribution in [3.8, 4) is 11.5 Å². The van der Waals surface area contributed by atoms with E-state index in [4.69, 9.17) is 9.47 Å². The minimum atomic E-state index is 0.0505. The molecule has 0 amide bonds. The van der Waals surface area contributed by atoms with Crippen molar-refractivity contribution in [1.82, 2.24) is 0 Å². The summed E-state index contributed by atoms with van der Waals surface area (Å²) < 4.78 is 11.9. The quantitative estimate of drug-likeness (QED) is 0.784. The lowest BCUT2D eigenvalue weighted by Gasteiger charge is -2.23. The van der Waals surface area contributed by atoms with E-state index in [1.54, 1.807) is 6.92 Å². The minimum absolute atomic E-state index is 0.0505. The number of ketones is 1. The first-order valence-electron chi connectivity index (χ1n) is 5.27. The number of benzene rings is 1. The maximum absolute atomic E-state index is 11.5. The number of fused-ring (bicyclic) bond motifs is 1. The highest BCUT2D eigenvalue weighted by Gasteiger charge is 2.23. The van der Waals surface area contributed by atoms with Crippen molar-refractivity contribution in [1.29, 1.82) is 0 Å². The van der Waals surface area contributed by atoms with Gasteiger partial charge in [0.1, 0.15) is 13.2 Å². The van der Waals surface area contributed by atoms with Gasteiger partial charge in [0.05, 0.1) is 4.47 Å². The highest BCUT2D eigenvalue weighted by molar-refractivity contribution is 9.10. The van der Waals surface area contributed by atoms with Gasteiger partial charge in [0.15, 0.2) is 17.3 Å². The number of ether oxygens (including phenoxy) is 2. The van der Waals surface area contributed by atoms with Gasteiger partial charge in [-0.1, -0.05) is 6.92 Å². The van der Waals surface area contributed by atoms with Gasteiger partial charge in [0.25, 0.3) is 0 Å². The van der Waals surface area contributed by atoms with Gasteiger partial charge in [-0.15, -0.1) is 0 Å². The molecule has 0 aliphatic carbocycles. The molecule has 16 heavy (non-hydrogen) atoms. The second kappa shape index (κ2) is 4.45. The third-order valence-electron chi connectivity index (χ3n) is 2.60. The number of rotatable bonds is 2. The standard InChI is InChI=1S/C12H13BrO3/c1-3-8-9(7(2)14)6-10(13)12-11(8)15-4-5-16-12/h6H,3-5H2,1-2H3. The zero-order chi connectivity index (χ0) is 11.7. The molecular weight excluding hydrogens is 272 g/mol. The molecule has 0 N–H and O–H groups in total. The first kappa shape index (κ1) is 11.5. The van der Waals surface area contributed by atoms with E-state index >= 15 is 0 Å². The topological polar surface area (TPSA) is 35.5 Å². The molecule has 2 rings (SSSR count). The Morgan fingerprint density at radius 1 is 1.38 bits per heavy atom. The zero-order valence-electron chi connectivity index (χ0n) is 9.30. The fourth-order valence-electron chi connectivity index (χ4n) is 1.89. The molecule has 1 aromatic rings. The molecule has 0 saturated heterocycles. The van der Waals surface area contributed by atoms with Crippen molar-refractivity contribution < 1.29 is 14.3 Å². The molecule has 3 nitrogen and oxygen atoms in total. The van der Waals surface area contributed by atoms with Crippen molar-refractivity contribution in [3.05, 3.63) is 21.7 Å². The Hall–Kier alpha value is -1.03. The van der Waals surface area contributed by atoms with Gasteiger partial charge >= 0.3 is 0 Å². The Morgan fingerprint density at radius 2 is 2.00 bits per heavy atom. The van der Waals surface area contributed by atoms with E-state index in [9.17, 15) is 4.79 Å². The molecule has 4 heteroatoms. The van der Waals surface area contributed by atoms with E-state index in [1.807, 2.05) is 13.0 Å². The summed E-state index contributed by atoms with van der Waals surface area (Å²) in [6.45, 7) is 4.66. The van der Waals surface area contributed by atoms with Gasteiger partial charge in [-0.05, 0) is 35.3 Å². The third-order valence-corrected chi connectivity index (χ3v) is 3.19. The minimum Gasteiger partial charge on any atom is -0.486 e. The molecule has 86 valence electrons. The van der Waals surface area contributed by atoms with Gasteiger partial charge in [0, 0.05) is 11.1 Å². The first-order chi connectivity index (χ1) is 7.65.